The smallest absolute Gasteiger partial charge is 0.138 e. The maximum atomic E-state index is 13.1. The Bertz CT molecular complexity index is 2290. The van der Waals surface area contributed by atoms with Crippen LogP contribution in [0.15, 0.2) is 127 Å². The van der Waals surface area contributed by atoms with Crippen LogP contribution in [0.1, 0.15) is 118 Å². The number of hydrogen-bond donors (Lipinski definition) is 0. The zero-order valence-electron chi connectivity index (χ0n) is 38.3. The van der Waals surface area contributed by atoms with E-state index in [-0.39, 0.29) is 22.1 Å². The largest absolute Gasteiger partial charge is 0.489 e. The highest BCUT2D eigenvalue weighted by atomic mass is 35.5. The molecule has 0 aliphatic carbocycles. The van der Waals surface area contributed by atoms with Gasteiger partial charge in [-0.25, -0.2) is 4.39 Å². The summed E-state index contributed by atoms with van der Waals surface area (Å²) in [6.45, 7) is 27.3. The molecule has 61 heavy (non-hydrogen) atoms. The Balaban J connectivity index is 0.000000202. The van der Waals surface area contributed by atoms with Gasteiger partial charge in [0.1, 0.15) is 42.9 Å². The van der Waals surface area contributed by atoms with Crippen LogP contribution >= 0.6 is 11.6 Å². The van der Waals surface area contributed by atoms with Gasteiger partial charge >= 0.3 is 0 Å². The quantitative estimate of drug-likeness (QED) is 0.136. The van der Waals surface area contributed by atoms with E-state index in [9.17, 15) is 4.39 Å². The van der Waals surface area contributed by atoms with Crippen LogP contribution in [0, 0.1) is 38.9 Å². The molecule has 0 saturated carbocycles. The minimum Gasteiger partial charge on any atom is -0.489 e. The van der Waals surface area contributed by atoms with Crippen molar-refractivity contribution < 1.29 is 18.6 Å². The molecule has 6 rings (SSSR count). The van der Waals surface area contributed by atoms with Gasteiger partial charge in [0.15, 0.2) is 0 Å². The van der Waals surface area contributed by atoms with Gasteiger partial charge < -0.3 is 14.2 Å². The topological polar surface area (TPSA) is 27.7 Å². The minimum absolute atomic E-state index is 0.0840. The van der Waals surface area contributed by atoms with Gasteiger partial charge in [-0.2, -0.15) is 0 Å². The highest BCUT2D eigenvalue weighted by Gasteiger charge is 2.17. The lowest BCUT2D eigenvalue weighted by atomic mass is 9.86. The highest BCUT2D eigenvalue weighted by Crippen LogP contribution is 2.32. The van der Waals surface area contributed by atoms with Crippen molar-refractivity contribution in [2.75, 3.05) is 0 Å². The summed E-state index contributed by atoms with van der Waals surface area (Å²) in [5.74, 6) is 4.86. The second-order valence-electron chi connectivity index (χ2n) is 18.7. The van der Waals surface area contributed by atoms with Crippen molar-refractivity contribution in [2.24, 2.45) is 0 Å². The standard InChI is InChI=1S/C20H22O.C18H21ClO.C18H21FO/c1-6-17-13-18(20(3,4)5)10-11-19(17)21-14-16-9-7-8-15(2)12-16;1-13-6-5-7-14(10-13)12-20-17-9-8-15(11-16(17)19)18(2,3)4;1-13-10-15(18(2,3)4)8-9-17(13)20-12-14-6-5-7-16(19)11-14/h1,7-13H,14H2,2-5H3;2*5-11H,12H2,1-4H3. The van der Waals surface area contributed by atoms with Gasteiger partial charge in [0.25, 0.3) is 0 Å². The Morgan fingerprint density at radius 1 is 0.492 bits per heavy atom. The third-order valence-electron chi connectivity index (χ3n) is 10.1. The molecule has 0 aliphatic heterocycles. The van der Waals surface area contributed by atoms with Crippen LogP contribution in [0.25, 0.3) is 0 Å². The summed E-state index contributed by atoms with van der Waals surface area (Å²) < 4.78 is 30.6. The normalized spacial score (nSPS) is 11.3. The fourth-order valence-corrected chi connectivity index (χ4v) is 6.55. The molecule has 0 unspecified atom stereocenters. The molecular weight excluding hydrogens is 775 g/mol. The van der Waals surface area contributed by atoms with Gasteiger partial charge in [-0.05, 0) is 118 Å². The van der Waals surface area contributed by atoms with Crippen LogP contribution in [-0.4, -0.2) is 0 Å². The zero-order valence-corrected chi connectivity index (χ0v) is 39.1. The monoisotopic (exact) mass is 838 g/mol. The average molecular weight is 840 g/mol. The number of benzene rings is 6. The predicted molar refractivity (Wildman–Crippen MR) is 255 cm³/mol. The lowest BCUT2D eigenvalue weighted by Crippen LogP contribution is -2.11. The van der Waals surface area contributed by atoms with E-state index >= 15 is 0 Å². The van der Waals surface area contributed by atoms with Gasteiger partial charge in [-0.1, -0.05) is 176 Å². The van der Waals surface area contributed by atoms with Crippen molar-refractivity contribution in [3.8, 4) is 29.6 Å². The Labute approximate surface area is 371 Å². The maximum Gasteiger partial charge on any atom is 0.138 e. The second-order valence-corrected chi connectivity index (χ2v) is 19.1. The molecule has 6 aromatic rings. The number of rotatable bonds is 9. The minimum atomic E-state index is -0.231. The van der Waals surface area contributed by atoms with Gasteiger partial charge in [-0.15, -0.1) is 6.42 Å². The molecule has 320 valence electrons. The first-order valence-electron chi connectivity index (χ1n) is 20.9. The Morgan fingerprint density at radius 2 is 0.902 bits per heavy atom. The van der Waals surface area contributed by atoms with Crippen molar-refractivity contribution in [3.05, 3.63) is 194 Å². The number of halogens is 2. The van der Waals surface area contributed by atoms with Crippen molar-refractivity contribution in [3.63, 3.8) is 0 Å². The second kappa shape index (κ2) is 21.3. The van der Waals surface area contributed by atoms with E-state index in [4.69, 9.17) is 32.2 Å². The summed E-state index contributed by atoms with van der Waals surface area (Å²) in [6, 6.07) is 41.5. The first-order valence-corrected chi connectivity index (χ1v) is 21.3. The molecule has 0 amide bonds. The third-order valence-corrected chi connectivity index (χ3v) is 10.4. The van der Waals surface area contributed by atoms with E-state index in [0.717, 1.165) is 45.1 Å². The van der Waals surface area contributed by atoms with E-state index < -0.39 is 0 Å². The summed E-state index contributed by atoms with van der Waals surface area (Å²) in [7, 11) is 0. The van der Waals surface area contributed by atoms with E-state index in [1.807, 2.05) is 55.5 Å². The van der Waals surface area contributed by atoms with Crippen molar-refractivity contribution in [2.45, 2.75) is 119 Å². The number of ether oxygens (including phenoxy) is 3. The molecule has 0 spiro atoms. The summed E-state index contributed by atoms with van der Waals surface area (Å²) in [5, 5.41) is 0.671. The molecule has 6 aromatic carbocycles. The van der Waals surface area contributed by atoms with Crippen molar-refractivity contribution >= 4 is 11.6 Å². The average Bonchev–Trinajstić information content (AvgIpc) is 3.18. The molecular formula is C56H64ClFO3. The molecule has 3 nitrogen and oxygen atoms in total. The first kappa shape index (κ1) is 48.2. The predicted octanol–water partition coefficient (Wildman–Crippen LogP) is 15.4. The fraction of sp³-hybridized carbons (Fsp3) is 0.321. The van der Waals surface area contributed by atoms with E-state index in [2.05, 4.69) is 143 Å². The number of terminal acetylenes is 1. The van der Waals surface area contributed by atoms with E-state index in [1.54, 1.807) is 6.07 Å². The molecule has 0 aliphatic rings. The van der Waals surface area contributed by atoms with E-state index in [0.29, 0.717) is 24.8 Å². The van der Waals surface area contributed by atoms with Crippen LogP contribution in [0.2, 0.25) is 5.02 Å². The molecule has 0 bridgehead atoms. The highest BCUT2D eigenvalue weighted by molar-refractivity contribution is 6.32. The third kappa shape index (κ3) is 15.5. The zero-order chi connectivity index (χ0) is 45.0. The van der Waals surface area contributed by atoms with Crippen LogP contribution in [0.3, 0.4) is 0 Å². The molecule has 0 radical (unpaired) electrons. The Kier molecular flexibility index (Phi) is 16.9. The van der Waals surface area contributed by atoms with Gasteiger partial charge in [0, 0.05) is 0 Å². The van der Waals surface area contributed by atoms with Crippen molar-refractivity contribution in [1.82, 2.24) is 0 Å². The molecule has 5 heteroatoms. The molecule has 0 N–H and O–H groups in total. The molecule has 0 saturated heterocycles. The van der Waals surface area contributed by atoms with Crippen LogP contribution in [0.5, 0.6) is 17.2 Å². The Morgan fingerprint density at radius 3 is 1.34 bits per heavy atom. The van der Waals surface area contributed by atoms with Crippen LogP contribution in [0.4, 0.5) is 4.39 Å². The molecule has 0 fully saturated rings. The van der Waals surface area contributed by atoms with Crippen LogP contribution < -0.4 is 14.2 Å². The lowest BCUT2D eigenvalue weighted by Gasteiger charge is -2.20. The number of hydrogen-bond acceptors (Lipinski definition) is 3. The van der Waals surface area contributed by atoms with Gasteiger partial charge in [0.05, 0.1) is 10.6 Å². The van der Waals surface area contributed by atoms with Gasteiger partial charge in [-0.3, -0.25) is 0 Å². The molecule has 0 heterocycles. The first-order chi connectivity index (χ1) is 28.6. The number of aryl methyl sites for hydroxylation is 3. The molecule has 0 atom stereocenters. The SMILES string of the molecule is C#Cc1cc(C(C)(C)C)ccc1OCc1cccc(C)c1.Cc1cc(C(C)(C)C)ccc1OCc1cccc(F)c1.Cc1cccc(COc2ccc(C(C)(C)C)cc2Cl)c1. The lowest BCUT2D eigenvalue weighted by molar-refractivity contribution is 0.303. The van der Waals surface area contributed by atoms with E-state index in [1.165, 1.54) is 39.9 Å². The maximum absolute atomic E-state index is 13.1. The molecule has 0 aromatic heterocycles. The Hall–Kier alpha value is -5.50. The fourth-order valence-electron chi connectivity index (χ4n) is 6.31. The van der Waals surface area contributed by atoms with Gasteiger partial charge in [0.2, 0.25) is 0 Å². The van der Waals surface area contributed by atoms with Crippen molar-refractivity contribution in [1.29, 1.82) is 0 Å². The summed E-state index contributed by atoms with van der Waals surface area (Å²) in [6.07, 6.45) is 5.63. The summed E-state index contributed by atoms with van der Waals surface area (Å²) in [5.41, 5.74) is 11.6. The summed E-state index contributed by atoms with van der Waals surface area (Å²) >= 11 is 6.31. The summed E-state index contributed by atoms with van der Waals surface area (Å²) in [4.78, 5) is 0. The van der Waals surface area contributed by atoms with Crippen LogP contribution in [-0.2, 0) is 36.1 Å².